The van der Waals surface area contributed by atoms with Crippen LogP contribution in [0.1, 0.15) is 0 Å². The van der Waals surface area contributed by atoms with Crippen molar-refractivity contribution in [2.75, 3.05) is 0 Å². The summed E-state index contributed by atoms with van der Waals surface area (Å²) >= 11 is 0. The van der Waals surface area contributed by atoms with E-state index in [1.165, 1.54) is 12.1 Å². The summed E-state index contributed by atoms with van der Waals surface area (Å²) in [4.78, 5) is 0. The number of halogens is 2. The number of hydrogen-bond donors (Lipinski definition) is 0. The van der Waals surface area contributed by atoms with Gasteiger partial charge in [-0.05, 0) is 18.2 Å². The van der Waals surface area contributed by atoms with Crippen molar-refractivity contribution < 1.29 is 8.78 Å². The van der Waals surface area contributed by atoms with Crippen molar-refractivity contribution >= 4 is 0 Å². The fourth-order valence-corrected chi connectivity index (χ4v) is 1.26. The maximum atomic E-state index is 13.3. The lowest BCUT2D eigenvalue weighted by molar-refractivity contribution is 0.510. The molecule has 0 spiro atoms. The molecule has 0 radical (unpaired) electrons. The van der Waals surface area contributed by atoms with Crippen LogP contribution in [0.3, 0.4) is 0 Å². The van der Waals surface area contributed by atoms with Gasteiger partial charge in [0.25, 0.3) is 0 Å². The van der Waals surface area contributed by atoms with Crippen LogP contribution in [0.2, 0.25) is 0 Å². The maximum absolute atomic E-state index is 13.3. The molecule has 0 aliphatic carbocycles. The summed E-state index contributed by atoms with van der Waals surface area (Å²) in [6, 6.07) is 5.68. The molecule has 1 heterocycles. The molecule has 4 heteroatoms. The zero-order valence-electron chi connectivity index (χ0n) is 7.54. The average Bonchev–Trinajstić information content (AvgIpc) is 2.57. The highest BCUT2D eigenvalue weighted by Gasteiger charge is 2.10. The van der Waals surface area contributed by atoms with Gasteiger partial charge in [-0.1, -0.05) is 6.07 Å². The van der Waals surface area contributed by atoms with E-state index in [9.17, 15) is 8.78 Å². The van der Waals surface area contributed by atoms with Crippen molar-refractivity contribution in [1.82, 2.24) is 9.78 Å². The van der Waals surface area contributed by atoms with Crippen molar-refractivity contribution in [3.8, 4) is 11.3 Å². The monoisotopic (exact) mass is 194 g/mol. The first kappa shape index (κ1) is 8.87. The summed E-state index contributed by atoms with van der Waals surface area (Å²) in [7, 11) is 1.72. The molecule has 0 atom stereocenters. The smallest absolute Gasteiger partial charge is 0.168 e. The van der Waals surface area contributed by atoms with Crippen LogP contribution in [0.25, 0.3) is 11.3 Å². The summed E-state index contributed by atoms with van der Waals surface area (Å²) in [6.07, 6.45) is 1.68. The first-order valence-corrected chi connectivity index (χ1v) is 4.12. The Bertz CT molecular complexity index is 463. The molecule has 1 aromatic heterocycles. The van der Waals surface area contributed by atoms with E-state index < -0.39 is 11.6 Å². The van der Waals surface area contributed by atoms with Gasteiger partial charge < -0.3 is 0 Å². The van der Waals surface area contributed by atoms with Gasteiger partial charge in [0.2, 0.25) is 0 Å². The van der Waals surface area contributed by atoms with Crippen LogP contribution in [0.15, 0.2) is 30.5 Å². The fourth-order valence-electron chi connectivity index (χ4n) is 1.26. The lowest BCUT2D eigenvalue weighted by atomic mass is 10.1. The molecule has 0 bridgehead atoms. The van der Waals surface area contributed by atoms with Crippen molar-refractivity contribution in [1.29, 1.82) is 0 Å². The Morgan fingerprint density at radius 3 is 2.64 bits per heavy atom. The topological polar surface area (TPSA) is 17.8 Å². The standard InChI is InChI=1S/C10H8F2N2/c1-14-6-5-9(13-14)7-3-2-4-8(11)10(7)12/h2-6H,1H3. The van der Waals surface area contributed by atoms with Gasteiger partial charge in [0.1, 0.15) is 0 Å². The molecule has 2 aromatic rings. The minimum atomic E-state index is -0.855. The van der Waals surface area contributed by atoms with Crippen LogP contribution >= 0.6 is 0 Å². The van der Waals surface area contributed by atoms with Gasteiger partial charge in [-0.15, -0.1) is 0 Å². The lowest BCUT2D eigenvalue weighted by Gasteiger charge is -1.99. The SMILES string of the molecule is Cn1ccc(-c2cccc(F)c2F)n1. The van der Waals surface area contributed by atoms with Crippen molar-refractivity contribution in [3.63, 3.8) is 0 Å². The molecule has 0 N–H and O–H groups in total. The number of rotatable bonds is 1. The third kappa shape index (κ3) is 1.39. The van der Waals surface area contributed by atoms with Gasteiger partial charge in [-0.3, -0.25) is 4.68 Å². The molecule has 2 nitrogen and oxygen atoms in total. The number of hydrogen-bond acceptors (Lipinski definition) is 1. The Morgan fingerprint density at radius 1 is 1.21 bits per heavy atom. The molecule has 0 unspecified atom stereocenters. The summed E-state index contributed by atoms with van der Waals surface area (Å²) < 4.78 is 27.7. The van der Waals surface area contributed by atoms with Gasteiger partial charge in [-0.25, -0.2) is 8.78 Å². The van der Waals surface area contributed by atoms with E-state index in [0.717, 1.165) is 6.07 Å². The first-order valence-electron chi connectivity index (χ1n) is 4.12. The Morgan fingerprint density at radius 2 is 2.00 bits per heavy atom. The second-order valence-electron chi connectivity index (χ2n) is 2.98. The summed E-state index contributed by atoms with van der Waals surface area (Å²) in [5.41, 5.74) is 0.620. The molecule has 0 fully saturated rings. The van der Waals surface area contributed by atoms with Crippen LogP contribution in [-0.2, 0) is 7.05 Å². The predicted octanol–water partition coefficient (Wildman–Crippen LogP) is 2.37. The number of benzene rings is 1. The van der Waals surface area contributed by atoms with Gasteiger partial charge in [0.05, 0.1) is 5.69 Å². The molecule has 2 rings (SSSR count). The molecule has 0 saturated carbocycles. The molecular weight excluding hydrogens is 186 g/mol. The van der Waals surface area contributed by atoms with Gasteiger partial charge >= 0.3 is 0 Å². The Labute approximate surface area is 79.8 Å². The summed E-state index contributed by atoms with van der Waals surface area (Å²) in [5, 5.41) is 3.99. The maximum Gasteiger partial charge on any atom is 0.168 e. The second-order valence-corrected chi connectivity index (χ2v) is 2.98. The molecule has 0 saturated heterocycles. The largest absolute Gasteiger partial charge is 0.275 e. The average molecular weight is 194 g/mol. The molecule has 0 aliphatic heterocycles. The first-order chi connectivity index (χ1) is 6.68. The Hall–Kier alpha value is -1.71. The summed E-state index contributed by atoms with van der Waals surface area (Å²) in [6.45, 7) is 0. The zero-order chi connectivity index (χ0) is 10.1. The number of nitrogens with zero attached hydrogens (tertiary/aromatic N) is 2. The van der Waals surface area contributed by atoms with Gasteiger partial charge in [-0.2, -0.15) is 5.10 Å². The van der Waals surface area contributed by atoms with Crippen LogP contribution in [-0.4, -0.2) is 9.78 Å². The van der Waals surface area contributed by atoms with E-state index in [2.05, 4.69) is 5.10 Å². The normalized spacial score (nSPS) is 10.5. The molecule has 1 aromatic carbocycles. The molecule has 14 heavy (non-hydrogen) atoms. The number of aryl methyl sites for hydroxylation is 1. The van der Waals surface area contributed by atoms with Crippen LogP contribution in [0.5, 0.6) is 0 Å². The van der Waals surface area contributed by atoms with E-state index in [-0.39, 0.29) is 5.56 Å². The molecular formula is C10H8F2N2. The molecule has 0 aliphatic rings. The van der Waals surface area contributed by atoms with E-state index in [1.807, 2.05) is 0 Å². The predicted molar refractivity (Wildman–Crippen MR) is 48.6 cm³/mol. The molecule has 0 amide bonds. The summed E-state index contributed by atoms with van der Waals surface area (Å²) in [5.74, 6) is -1.71. The highest BCUT2D eigenvalue weighted by atomic mass is 19.2. The lowest BCUT2D eigenvalue weighted by Crippen LogP contribution is -1.92. The third-order valence-electron chi connectivity index (χ3n) is 1.94. The Balaban J connectivity index is 2.57. The third-order valence-corrected chi connectivity index (χ3v) is 1.94. The van der Waals surface area contributed by atoms with Crippen molar-refractivity contribution in [2.45, 2.75) is 0 Å². The van der Waals surface area contributed by atoms with Crippen molar-refractivity contribution in [3.05, 3.63) is 42.1 Å². The zero-order valence-corrected chi connectivity index (χ0v) is 7.54. The van der Waals surface area contributed by atoms with Crippen molar-refractivity contribution in [2.24, 2.45) is 7.05 Å². The Kier molecular flexibility index (Phi) is 2.04. The minimum Gasteiger partial charge on any atom is -0.275 e. The highest BCUT2D eigenvalue weighted by molar-refractivity contribution is 5.59. The molecule has 72 valence electrons. The quantitative estimate of drug-likeness (QED) is 0.681. The van der Waals surface area contributed by atoms with E-state index in [4.69, 9.17) is 0 Å². The number of aromatic nitrogens is 2. The van der Waals surface area contributed by atoms with E-state index in [0.29, 0.717) is 5.69 Å². The van der Waals surface area contributed by atoms with Crippen LogP contribution in [0, 0.1) is 11.6 Å². The van der Waals surface area contributed by atoms with Crippen LogP contribution in [0.4, 0.5) is 8.78 Å². The van der Waals surface area contributed by atoms with Crippen LogP contribution < -0.4 is 0 Å². The minimum absolute atomic E-state index is 0.186. The second kappa shape index (κ2) is 3.21. The van der Waals surface area contributed by atoms with Gasteiger partial charge in [0.15, 0.2) is 11.6 Å². The van der Waals surface area contributed by atoms with E-state index in [1.54, 1.807) is 24.0 Å². The van der Waals surface area contributed by atoms with Gasteiger partial charge in [0, 0.05) is 18.8 Å². The van der Waals surface area contributed by atoms with E-state index >= 15 is 0 Å². The highest BCUT2D eigenvalue weighted by Crippen LogP contribution is 2.22. The fraction of sp³-hybridized carbons (Fsp3) is 0.100.